The van der Waals surface area contributed by atoms with Gasteiger partial charge in [0.05, 0.1) is 19.3 Å². The lowest BCUT2D eigenvalue weighted by Crippen LogP contribution is -2.40. The lowest BCUT2D eigenvalue weighted by Gasteiger charge is -2.36. The predicted molar refractivity (Wildman–Crippen MR) is 59.8 cm³/mol. The van der Waals surface area contributed by atoms with Crippen LogP contribution in [0.5, 0.6) is 0 Å². The summed E-state index contributed by atoms with van der Waals surface area (Å²) in [5, 5.41) is 0. The standard InChI is InChI=1S/C12H24O3/c1-4-6-11-10(5-2)9-14-12(15-11)7-8-13-3/h10-12H,4-9H2,1-3H3/t10-,11+,12+/m1/s1. The maximum Gasteiger partial charge on any atom is 0.160 e. The molecule has 0 bridgehead atoms. The van der Waals surface area contributed by atoms with Crippen molar-refractivity contribution in [1.82, 2.24) is 0 Å². The van der Waals surface area contributed by atoms with Crippen molar-refractivity contribution in [3.05, 3.63) is 0 Å². The van der Waals surface area contributed by atoms with E-state index >= 15 is 0 Å². The second kappa shape index (κ2) is 7.20. The highest BCUT2D eigenvalue weighted by molar-refractivity contribution is 4.73. The van der Waals surface area contributed by atoms with Crippen molar-refractivity contribution in [2.24, 2.45) is 5.92 Å². The van der Waals surface area contributed by atoms with Crippen LogP contribution < -0.4 is 0 Å². The Kier molecular flexibility index (Phi) is 6.22. The van der Waals surface area contributed by atoms with Crippen LogP contribution in [-0.2, 0) is 14.2 Å². The minimum atomic E-state index is -0.0516. The van der Waals surface area contributed by atoms with Gasteiger partial charge in [-0.2, -0.15) is 0 Å². The van der Waals surface area contributed by atoms with Crippen LogP contribution in [0.25, 0.3) is 0 Å². The van der Waals surface area contributed by atoms with Crippen LogP contribution in [0.2, 0.25) is 0 Å². The first-order valence-corrected chi connectivity index (χ1v) is 6.07. The van der Waals surface area contributed by atoms with Crippen LogP contribution in [-0.4, -0.2) is 32.7 Å². The van der Waals surface area contributed by atoms with Gasteiger partial charge in [0.2, 0.25) is 0 Å². The van der Waals surface area contributed by atoms with Crippen molar-refractivity contribution in [2.45, 2.75) is 51.9 Å². The first-order chi connectivity index (χ1) is 7.31. The lowest BCUT2D eigenvalue weighted by atomic mass is 9.96. The Morgan fingerprint density at radius 2 is 2.07 bits per heavy atom. The monoisotopic (exact) mass is 216 g/mol. The second-order valence-corrected chi connectivity index (χ2v) is 4.18. The Labute approximate surface area is 93.1 Å². The van der Waals surface area contributed by atoms with Gasteiger partial charge < -0.3 is 14.2 Å². The van der Waals surface area contributed by atoms with Gasteiger partial charge in [-0.15, -0.1) is 0 Å². The van der Waals surface area contributed by atoms with Crippen LogP contribution >= 0.6 is 0 Å². The van der Waals surface area contributed by atoms with Gasteiger partial charge in [-0.3, -0.25) is 0 Å². The molecule has 3 heteroatoms. The van der Waals surface area contributed by atoms with Gasteiger partial charge in [0.25, 0.3) is 0 Å². The number of hydrogen-bond donors (Lipinski definition) is 0. The largest absolute Gasteiger partial charge is 0.384 e. The fourth-order valence-electron chi connectivity index (χ4n) is 2.02. The predicted octanol–water partition coefficient (Wildman–Crippen LogP) is 2.59. The summed E-state index contributed by atoms with van der Waals surface area (Å²) >= 11 is 0. The maximum atomic E-state index is 5.93. The summed E-state index contributed by atoms with van der Waals surface area (Å²) in [5.41, 5.74) is 0. The van der Waals surface area contributed by atoms with Gasteiger partial charge in [-0.25, -0.2) is 0 Å². The molecule has 0 N–H and O–H groups in total. The molecule has 1 heterocycles. The molecule has 0 unspecified atom stereocenters. The van der Waals surface area contributed by atoms with Crippen molar-refractivity contribution in [2.75, 3.05) is 20.3 Å². The minimum absolute atomic E-state index is 0.0516. The summed E-state index contributed by atoms with van der Waals surface area (Å²) in [6.45, 7) is 5.96. The average molecular weight is 216 g/mol. The summed E-state index contributed by atoms with van der Waals surface area (Å²) in [4.78, 5) is 0. The van der Waals surface area contributed by atoms with Crippen LogP contribution in [0.1, 0.15) is 39.5 Å². The topological polar surface area (TPSA) is 27.7 Å². The van der Waals surface area contributed by atoms with Gasteiger partial charge >= 0.3 is 0 Å². The molecule has 1 saturated heterocycles. The zero-order valence-corrected chi connectivity index (χ0v) is 10.2. The van der Waals surface area contributed by atoms with Gasteiger partial charge in [0.1, 0.15) is 0 Å². The Morgan fingerprint density at radius 1 is 1.27 bits per heavy atom. The number of methoxy groups -OCH3 is 1. The molecule has 0 aromatic rings. The molecule has 0 saturated carbocycles. The molecule has 1 rings (SSSR count). The number of hydrogen-bond acceptors (Lipinski definition) is 3. The van der Waals surface area contributed by atoms with E-state index in [-0.39, 0.29) is 6.29 Å². The SMILES string of the molecule is CCC[C@@H]1O[C@@H](CCOC)OC[C@H]1CC. The quantitative estimate of drug-likeness (QED) is 0.683. The molecule has 3 nitrogen and oxygen atoms in total. The third-order valence-corrected chi connectivity index (χ3v) is 3.00. The van der Waals surface area contributed by atoms with E-state index in [9.17, 15) is 0 Å². The van der Waals surface area contributed by atoms with E-state index in [4.69, 9.17) is 14.2 Å². The molecule has 1 fully saturated rings. The summed E-state index contributed by atoms with van der Waals surface area (Å²) in [6, 6.07) is 0. The molecule has 0 aromatic heterocycles. The molecule has 3 atom stereocenters. The number of ether oxygens (including phenoxy) is 3. The molecule has 1 aliphatic rings. The molecule has 15 heavy (non-hydrogen) atoms. The third kappa shape index (κ3) is 4.09. The van der Waals surface area contributed by atoms with E-state index in [1.165, 1.54) is 6.42 Å². The fourth-order valence-corrected chi connectivity index (χ4v) is 2.02. The molecule has 1 aliphatic heterocycles. The molecule has 0 spiro atoms. The van der Waals surface area contributed by atoms with E-state index in [1.54, 1.807) is 7.11 Å². The number of rotatable bonds is 6. The maximum absolute atomic E-state index is 5.93. The Balaban J connectivity index is 2.35. The van der Waals surface area contributed by atoms with Crippen molar-refractivity contribution in [3.63, 3.8) is 0 Å². The van der Waals surface area contributed by atoms with Gasteiger partial charge in [-0.1, -0.05) is 20.3 Å². The summed E-state index contributed by atoms with van der Waals surface area (Å²) < 4.78 is 16.6. The normalized spacial score (nSPS) is 31.8. The molecule has 0 amide bonds. The van der Waals surface area contributed by atoms with Gasteiger partial charge in [-0.05, 0) is 12.8 Å². The van der Waals surface area contributed by atoms with E-state index in [1.807, 2.05) is 0 Å². The van der Waals surface area contributed by atoms with E-state index in [0.29, 0.717) is 18.6 Å². The summed E-state index contributed by atoms with van der Waals surface area (Å²) in [5.74, 6) is 0.573. The highest BCUT2D eigenvalue weighted by Gasteiger charge is 2.29. The first kappa shape index (κ1) is 12.9. The van der Waals surface area contributed by atoms with Crippen LogP contribution in [0.3, 0.4) is 0 Å². The van der Waals surface area contributed by atoms with E-state index < -0.39 is 0 Å². The van der Waals surface area contributed by atoms with Crippen LogP contribution in [0, 0.1) is 5.92 Å². The lowest BCUT2D eigenvalue weighted by molar-refractivity contribution is -0.242. The summed E-state index contributed by atoms with van der Waals surface area (Å²) in [6.07, 6.45) is 4.64. The van der Waals surface area contributed by atoms with Crippen molar-refractivity contribution >= 4 is 0 Å². The highest BCUT2D eigenvalue weighted by atomic mass is 16.7. The minimum Gasteiger partial charge on any atom is -0.384 e. The van der Waals surface area contributed by atoms with Crippen LogP contribution in [0.4, 0.5) is 0 Å². The molecular formula is C12H24O3. The highest BCUT2D eigenvalue weighted by Crippen LogP contribution is 2.25. The fraction of sp³-hybridized carbons (Fsp3) is 1.00. The van der Waals surface area contributed by atoms with Gasteiger partial charge in [0.15, 0.2) is 6.29 Å². The van der Waals surface area contributed by atoms with Gasteiger partial charge in [0, 0.05) is 19.4 Å². The Hall–Kier alpha value is -0.120. The third-order valence-electron chi connectivity index (χ3n) is 3.00. The Bertz CT molecular complexity index is 161. The van der Waals surface area contributed by atoms with Crippen molar-refractivity contribution in [1.29, 1.82) is 0 Å². The van der Waals surface area contributed by atoms with Crippen molar-refractivity contribution < 1.29 is 14.2 Å². The summed E-state index contributed by atoms with van der Waals surface area (Å²) in [7, 11) is 1.71. The smallest absolute Gasteiger partial charge is 0.160 e. The Morgan fingerprint density at radius 3 is 2.67 bits per heavy atom. The molecule has 0 aliphatic carbocycles. The van der Waals surface area contributed by atoms with E-state index in [0.717, 1.165) is 25.9 Å². The van der Waals surface area contributed by atoms with Crippen molar-refractivity contribution in [3.8, 4) is 0 Å². The molecule has 0 radical (unpaired) electrons. The zero-order chi connectivity index (χ0) is 11.1. The van der Waals surface area contributed by atoms with Crippen LogP contribution in [0.15, 0.2) is 0 Å². The molecule has 0 aromatic carbocycles. The zero-order valence-electron chi connectivity index (χ0n) is 10.2. The second-order valence-electron chi connectivity index (χ2n) is 4.18. The molecular weight excluding hydrogens is 192 g/mol. The first-order valence-electron chi connectivity index (χ1n) is 6.07. The molecule has 90 valence electrons. The average Bonchev–Trinajstić information content (AvgIpc) is 2.27. The van der Waals surface area contributed by atoms with E-state index in [2.05, 4.69) is 13.8 Å².